The lowest BCUT2D eigenvalue weighted by molar-refractivity contribution is 0.301. The highest BCUT2D eigenvalue weighted by atomic mass is 14.9. The van der Waals surface area contributed by atoms with Crippen molar-refractivity contribution < 1.29 is 0 Å². The Bertz CT molecular complexity index is 372. The van der Waals surface area contributed by atoms with Crippen LogP contribution in [0.4, 0.5) is 0 Å². The van der Waals surface area contributed by atoms with Crippen LogP contribution in [0, 0.1) is 18.8 Å². The lowest BCUT2D eigenvalue weighted by Gasteiger charge is -2.29. The lowest BCUT2D eigenvalue weighted by Crippen LogP contribution is -2.30. The molecule has 100 valence electrons. The average molecular weight is 245 g/mol. The Kier molecular flexibility index (Phi) is 4.82. The van der Waals surface area contributed by atoms with E-state index in [1.54, 1.807) is 0 Å². The Morgan fingerprint density at radius 3 is 2.67 bits per heavy atom. The molecule has 0 bridgehead atoms. The third-order valence-electron chi connectivity index (χ3n) is 4.49. The SMILES string of the molecule is CCCNC(c1ccccc1C)C1CCCC1C. The van der Waals surface area contributed by atoms with E-state index in [4.69, 9.17) is 0 Å². The Morgan fingerprint density at radius 1 is 1.28 bits per heavy atom. The normalized spacial score (nSPS) is 25.3. The van der Waals surface area contributed by atoms with E-state index in [9.17, 15) is 0 Å². The summed E-state index contributed by atoms with van der Waals surface area (Å²) < 4.78 is 0. The van der Waals surface area contributed by atoms with Crippen molar-refractivity contribution in [3.63, 3.8) is 0 Å². The number of hydrogen-bond donors (Lipinski definition) is 1. The molecule has 0 aliphatic heterocycles. The molecule has 0 aromatic heterocycles. The molecular weight excluding hydrogens is 218 g/mol. The van der Waals surface area contributed by atoms with Gasteiger partial charge < -0.3 is 5.32 Å². The van der Waals surface area contributed by atoms with E-state index >= 15 is 0 Å². The zero-order valence-corrected chi connectivity index (χ0v) is 12.1. The number of rotatable bonds is 5. The summed E-state index contributed by atoms with van der Waals surface area (Å²) >= 11 is 0. The number of aryl methyl sites for hydroxylation is 1. The molecule has 0 saturated heterocycles. The third kappa shape index (κ3) is 2.95. The van der Waals surface area contributed by atoms with E-state index in [0.29, 0.717) is 6.04 Å². The summed E-state index contributed by atoms with van der Waals surface area (Å²) in [6.45, 7) is 8.05. The molecule has 3 unspecified atom stereocenters. The number of benzene rings is 1. The van der Waals surface area contributed by atoms with E-state index in [1.165, 1.54) is 36.8 Å². The van der Waals surface area contributed by atoms with Gasteiger partial charge in [-0.1, -0.05) is 51.0 Å². The second-order valence-electron chi connectivity index (χ2n) is 5.86. The molecule has 0 radical (unpaired) electrons. The predicted octanol–water partition coefficient (Wildman–Crippen LogP) is 4.47. The lowest BCUT2D eigenvalue weighted by atomic mass is 9.84. The van der Waals surface area contributed by atoms with Crippen LogP contribution in [0.15, 0.2) is 24.3 Å². The van der Waals surface area contributed by atoms with Crippen LogP contribution in [0.3, 0.4) is 0 Å². The number of hydrogen-bond acceptors (Lipinski definition) is 1. The highest BCUT2D eigenvalue weighted by molar-refractivity contribution is 5.29. The van der Waals surface area contributed by atoms with E-state index in [-0.39, 0.29) is 0 Å². The Morgan fingerprint density at radius 2 is 2.06 bits per heavy atom. The van der Waals surface area contributed by atoms with Crippen LogP contribution in [0.2, 0.25) is 0 Å². The molecule has 1 aliphatic carbocycles. The molecule has 0 amide bonds. The molecule has 18 heavy (non-hydrogen) atoms. The molecule has 2 rings (SSSR count). The van der Waals surface area contributed by atoms with Crippen LogP contribution < -0.4 is 5.32 Å². The third-order valence-corrected chi connectivity index (χ3v) is 4.49. The Labute approximate surface area is 112 Å². The largest absolute Gasteiger partial charge is 0.310 e. The Hall–Kier alpha value is -0.820. The van der Waals surface area contributed by atoms with Crippen molar-refractivity contribution in [3.8, 4) is 0 Å². The minimum absolute atomic E-state index is 0.559. The van der Waals surface area contributed by atoms with Gasteiger partial charge in [-0.3, -0.25) is 0 Å². The summed E-state index contributed by atoms with van der Waals surface area (Å²) in [5, 5.41) is 3.80. The fraction of sp³-hybridized carbons (Fsp3) is 0.647. The van der Waals surface area contributed by atoms with Gasteiger partial charge in [-0.25, -0.2) is 0 Å². The van der Waals surface area contributed by atoms with Crippen molar-refractivity contribution in [2.24, 2.45) is 11.8 Å². The van der Waals surface area contributed by atoms with E-state index in [1.807, 2.05) is 0 Å². The zero-order valence-electron chi connectivity index (χ0n) is 12.1. The van der Waals surface area contributed by atoms with Gasteiger partial charge in [0.25, 0.3) is 0 Å². The molecule has 1 aromatic rings. The first-order valence-electron chi connectivity index (χ1n) is 7.53. The van der Waals surface area contributed by atoms with Gasteiger partial charge in [0.05, 0.1) is 0 Å². The highest BCUT2D eigenvalue weighted by Crippen LogP contribution is 2.40. The van der Waals surface area contributed by atoms with E-state index in [2.05, 4.69) is 50.4 Å². The van der Waals surface area contributed by atoms with Gasteiger partial charge in [-0.15, -0.1) is 0 Å². The van der Waals surface area contributed by atoms with Crippen LogP contribution in [-0.2, 0) is 0 Å². The van der Waals surface area contributed by atoms with Gasteiger partial charge in [0.15, 0.2) is 0 Å². The van der Waals surface area contributed by atoms with Gasteiger partial charge in [0.2, 0.25) is 0 Å². The molecular formula is C17H27N. The molecule has 1 N–H and O–H groups in total. The van der Waals surface area contributed by atoms with Crippen LogP contribution >= 0.6 is 0 Å². The monoisotopic (exact) mass is 245 g/mol. The first-order chi connectivity index (χ1) is 8.74. The van der Waals surface area contributed by atoms with Crippen LogP contribution in [-0.4, -0.2) is 6.54 Å². The standard InChI is InChI=1S/C17H27N/c1-4-12-18-17(16-11-7-9-14(16)3)15-10-6-5-8-13(15)2/h5-6,8,10,14,16-18H,4,7,9,11-12H2,1-3H3. The maximum atomic E-state index is 3.80. The van der Waals surface area contributed by atoms with Crippen molar-refractivity contribution in [2.45, 2.75) is 52.5 Å². The van der Waals surface area contributed by atoms with Gasteiger partial charge in [0, 0.05) is 6.04 Å². The summed E-state index contributed by atoms with van der Waals surface area (Å²) in [5.41, 5.74) is 2.95. The molecule has 0 heterocycles. The van der Waals surface area contributed by atoms with Crippen molar-refractivity contribution in [2.75, 3.05) is 6.54 Å². The predicted molar refractivity (Wildman–Crippen MR) is 78.7 cm³/mol. The summed E-state index contributed by atoms with van der Waals surface area (Å²) in [7, 11) is 0. The molecule has 1 saturated carbocycles. The van der Waals surface area contributed by atoms with E-state index < -0.39 is 0 Å². The van der Waals surface area contributed by atoms with Crippen LogP contribution in [0.5, 0.6) is 0 Å². The zero-order chi connectivity index (χ0) is 13.0. The second-order valence-corrected chi connectivity index (χ2v) is 5.86. The minimum atomic E-state index is 0.559. The Balaban J connectivity index is 2.21. The van der Waals surface area contributed by atoms with Crippen LogP contribution in [0.1, 0.15) is 56.7 Å². The van der Waals surface area contributed by atoms with Crippen molar-refractivity contribution in [1.29, 1.82) is 0 Å². The van der Waals surface area contributed by atoms with Crippen molar-refractivity contribution >= 4 is 0 Å². The summed E-state index contributed by atoms with van der Waals surface area (Å²) in [6, 6.07) is 9.45. The average Bonchev–Trinajstić information content (AvgIpc) is 2.78. The van der Waals surface area contributed by atoms with Gasteiger partial charge in [-0.2, -0.15) is 0 Å². The first-order valence-corrected chi connectivity index (χ1v) is 7.53. The highest BCUT2D eigenvalue weighted by Gasteiger charge is 2.31. The quantitative estimate of drug-likeness (QED) is 0.807. The van der Waals surface area contributed by atoms with Crippen molar-refractivity contribution in [3.05, 3.63) is 35.4 Å². The first kappa shape index (κ1) is 13.6. The van der Waals surface area contributed by atoms with Crippen molar-refractivity contribution in [1.82, 2.24) is 5.32 Å². The molecule has 1 aromatic carbocycles. The maximum Gasteiger partial charge on any atom is 0.0353 e. The molecule has 0 spiro atoms. The smallest absolute Gasteiger partial charge is 0.0353 e. The van der Waals surface area contributed by atoms with E-state index in [0.717, 1.165) is 18.4 Å². The summed E-state index contributed by atoms with van der Waals surface area (Å²) in [5.74, 6) is 1.68. The molecule has 1 fully saturated rings. The summed E-state index contributed by atoms with van der Waals surface area (Å²) in [6.07, 6.45) is 5.41. The molecule has 3 atom stereocenters. The summed E-state index contributed by atoms with van der Waals surface area (Å²) in [4.78, 5) is 0. The molecule has 1 nitrogen and oxygen atoms in total. The fourth-order valence-electron chi connectivity index (χ4n) is 3.40. The fourth-order valence-corrected chi connectivity index (χ4v) is 3.40. The topological polar surface area (TPSA) is 12.0 Å². The molecule has 1 aliphatic rings. The number of nitrogens with one attached hydrogen (secondary N) is 1. The second kappa shape index (κ2) is 6.38. The molecule has 1 heteroatoms. The minimum Gasteiger partial charge on any atom is -0.310 e. The maximum absolute atomic E-state index is 3.80. The van der Waals surface area contributed by atoms with Gasteiger partial charge in [-0.05, 0) is 49.3 Å². The van der Waals surface area contributed by atoms with Gasteiger partial charge >= 0.3 is 0 Å². The van der Waals surface area contributed by atoms with Crippen LogP contribution in [0.25, 0.3) is 0 Å². The van der Waals surface area contributed by atoms with Gasteiger partial charge in [0.1, 0.15) is 0 Å².